The number of nitrogens with one attached hydrogen (secondary N) is 1. The fourth-order valence-electron chi connectivity index (χ4n) is 2.26. The molecule has 1 aromatic rings. The maximum absolute atomic E-state index is 12.0. The minimum absolute atomic E-state index is 0.285. The molecule has 0 amide bonds. The van der Waals surface area contributed by atoms with Gasteiger partial charge in [-0.05, 0) is 11.6 Å². The van der Waals surface area contributed by atoms with Crippen LogP contribution in [0.3, 0.4) is 0 Å². The number of ether oxygens (including phenoxy) is 2. The van der Waals surface area contributed by atoms with Crippen LogP contribution in [-0.2, 0) is 19.5 Å². The zero-order chi connectivity index (χ0) is 17.7. The lowest BCUT2D eigenvalue weighted by atomic mass is 9.99. The van der Waals surface area contributed by atoms with E-state index in [9.17, 15) is 23.7 Å². The van der Waals surface area contributed by atoms with Crippen LogP contribution in [0.5, 0.6) is 0 Å². The van der Waals surface area contributed by atoms with Crippen LogP contribution in [0.1, 0.15) is 5.56 Å². The van der Waals surface area contributed by atoms with E-state index in [0.29, 0.717) is 0 Å². The molecule has 1 heterocycles. The Balaban J connectivity index is 1.97. The van der Waals surface area contributed by atoms with E-state index in [0.717, 1.165) is 11.0 Å². The van der Waals surface area contributed by atoms with Crippen LogP contribution in [-0.4, -0.2) is 68.1 Å². The number of aliphatic hydroxyl groups is 3. The molecule has 4 N–H and O–H groups in total. The lowest BCUT2D eigenvalue weighted by Gasteiger charge is -2.39. The summed E-state index contributed by atoms with van der Waals surface area (Å²) in [6, 6.07) is 8.88. The number of methoxy groups -OCH3 is 1. The number of sulfonamides is 1. The van der Waals surface area contributed by atoms with Gasteiger partial charge in [-0.25, -0.2) is 13.1 Å². The van der Waals surface area contributed by atoms with Gasteiger partial charge in [0.05, 0.1) is 0 Å². The average Bonchev–Trinajstić information content (AvgIpc) is 2.58. The molecular formula is C15H21NO7S. The van der Waals surface area contributed by atoms with E-state index in [2.05, 4.69) is 4.72 Å². The Labute approximate surface area is 140 Å². The molecule has 1 saturated heterocycles. The third kappa shape index (κ3) is 4.84. The van der Waals surface area contributed by atoms with E-state index in [4.69, 9.17) is 9.47 Å². The van der Waals surface area contributed by atoms with Crippen molar-refractivity contribution in [2.45, 2.75) is 30.7 Å². The summed E-state index contributed by atoms with van der Waals surface area (Å²) < 4.78 is 36.3. The Morgan fingerprint density at radius 2 is 1.83 bits per heavy atom. The van der Waals surface area contributed by atoms with Crippen molar-refractivity contribution in [1.29, 1.82) is 0 Å². The van der Waals surface area contributed by atoms with Crippen LogP contribution < -0.4 is 4.72 Å². The van der Waals surface area contributed by atoms with Gasteiger partial charge in [-0.15, -0.1) is 0 Å². The number of hydrogen-bond acceptors (Lipinski definition) is 7. The second kappa shape index (κ2) is 8.17. The minimum Gasteiger partial charge on any atom is -0.388 e. The third-order valence-electron chi connectivity index (χ3n) is 3.63. The molecular weight excluding hydrogens is 338 g/mol. The highest BCUT2D eigenvalue weighted by Gasteiger charge is 2.43. The van der Waals surface area contributed by atoms with Crippen LogP contribution >= 0.6 is 0 Å². The minimum atomic E-state index is -3.76. The standard InChI is InChI=1S/C15H21NO7S/c1-22-15-14(19)13(18)12(17)11(23-15)9-16-24(20,21)8-7-10-5-3-2-4-6-10/h2-8,11-19H,9H2,1H3/b8-7+/t11-,12-,13+,14+,15+/m1/s1. The van der Waals surface area contributed by atoms with Gasteiger partial charge in [0.1, 0.15) is 24.4 Å². The van der Waals surface area contributed by atoms with Gasteiger partial charge in [-0.2, -0.15) is 0 Å². The number of hydrogen-bond donors (Lipinski definition) is 4. The van der Waals surface area contributed by atoms with Crippen molar-refractivity contribution >= 4 is 16.1 Å². The van der Waals surface area contributed by atoms with Crippen LogP contribution in [0.2, 0.25) is 0 Å². The Morgan fingerprint density at radius 1 is 1.17 bits per heavy atom. The summed E-state index contributed by atoms with van der Waals surface area (Å²) in [6.45, 7) is -0.285. The summed E-state index contributed by atoms with van der Waals surface area (Å²) >= 11 is 0. The lowest BCUT2D eigenvalue weighted by Crippen LogP contribution is -2.60. The second-order valence-electron chi connectivity index (χ2n) is 5.36. The first-order chi connectivity index (χ1) is 11.3. The smallest absolute Gasteiger partial charge is 0.233 e. The Bertz CT molecular complexity index is 647. The maximum Gasteiger partial charge on any atom is 0.233 e. The summed E-state index contributed by atoms with van der Waals surface area (Å²) in [5.74, 6) is 0. The maximum atomic E-state index is 12.0. The van der Waals surface area contributed by atoms with Gasteiger partial charge in [-0.1, -0.05) is 30.3 Å². The van der Waals surface area contributed by atoms with Crippen molar-refractivity contribution in [2.24, 2.45) is 0 Å². The normalized spacial score (nSPS) is 31.4. The predicted molar refractivity (Wildman–Crippen MR) is 86.1 cm³/mol. The monoisotopic (exact) mass is 359 g/mol. The van der Waals surface area contributed by atoms with Crippen molar-refractivity contribution in [3.05, 3.63) is 41.3 Å². The average molecular weight is 359 g/mol. The third-order valence-corrected chi connectivity index (χ3v) is 4.69. The zero-order valence-corrected chi connectivity index (χ0v) is 13.8. The van der Waals surface area contributed by atoms with Gasteiger partial charge in [0.25, 0.3) is 0 Å². The molecule has 0 aliphatic carbocycles. The summed E-state index contributed by atoms with van der Waals surface area (Å²) in [5.41, 5.74) is 0.717. The van der Waals surface area contributed by atoms with Crippen LogP contribution in [0.25, 0.3) is 6.08 Å². The molecule has 1 aliphatic rings. The number of aliphatic hydroxyl groups excluding tert-OH is 3. The lowest BCUT2D eigenvalue weighted by molar-refractivity contribution is -0.287. The first kappa shape index (κ1) is 19.0. The van der Waals surface area contributed by atoms with Crippen molar-refractivity contribution < 1.29 is 33.2 Å². The van der Waals surface area contributed by atoms with Crippen molar-refractivity contribution in [1.82, 2.24) is 4.72 Å². The molecule has 1 aromatic carbocycles. The summed E-state index contributed by atoms with van der Waals surface area (Å²) in [4.78, 5) is 0. The van der Waals surface area contributed by atoms with Gasteiger partial charge >= 0.3 is 0 Å². The first-order valence-corrected chi connectivity index (χ1v) is 8.84. The second-order valence-corrected chi connectivity index (χ2v) is 7.01. The Kier molecular flexibility index (Phi) is 6.47. The molecule has 24 heavy (non-hydrogen) atoms. The molecule has 134 valence electrons. The van der Waals surface area contributed by atoms with Crippen molar-refractivity contribution in [3.63, 3.8) is 0 Å². The fourth-order valence-corrected chi connectivity index (χ4v) is 3.09. The Morgan fingerprint density at radius 3 is 2.46 bits per heavy atom. The van der Waals surface area contributed by atoms with Gasteiger partial charge < -0.3 is 24.8 Å². The van der Waals surface area contributed by atoms with E-state index in [-0.39, 0.29) is 6.54 Å². The van der Waals surface area contributed by atoms with E-state index in [1.54, 1.807) is 24.3 Å². The molecule has 0 saturated carbocycles. The molecule has 0 aromatic heterocycles. The highest BCUT2D eigenvalue weighted by atomic mass is 32.2. The molecule has 0 bridgehead atoms. The van der Waals surface area contributed by atoms with Gasteiger partial charge in [-0.3, -0.25) is 0 Å². The fraction of sp³-hybridized carbons (Fsp3) is 0.467. The summed E-state index contributed by atoms with van der Waals surface area (Å²) in [7, 11) is -2.50. The van der Waals surface area contributed by atoms with Crippen molar-refractivity contribution in [3.8, 4) is 0 Å². The molecule has 8 nitrogen and oxygen atoms in total. The Hall–Kier alpha value is -1.33. The van der Waals surface area contributed by atoms with E-state index in [1.165, 1.54) is 13.2 Å². The van der Waals surface area contributed by atoms with Gasteiger partial charge in [0.2, 0.25) is 10.0 Å². The molecule has 9 heteroatoms. The molecule has 5 atom stereocenters. The first-order valence-electron chi connectivity index (χ1n) is 7.29. The molecule has 0 spiro atoms. The topological polar surface area (TPSA) is 125 Å². The van der Waals surface area contributed by atoms with E-state index >= 15 is 0 Å². The predicted octanol–water partition coefficient (Wildman–Crippen LogP) is -0.969. The largest absolute Gasteiger partial charge is 0.388 e. The van der Waals surface area contributed by atoms with Crippen molar-refractivity contribution in [2.75, 3.05) is 13.7 Å². The zero-order valence-electron chi connectivity index (χ0n) is 13.0. The summed E-state index contributed by atoms with van der Waals surface area (Å²) in [6.07, 6.45) is -5.16. The SMILES string of the molecule is CO[C@H]1O[C@H](CNS(=O)(=O)/C=C/c2ccccc2)[C@@H](O)[C@H](O)[C@@H]1O. The molecule has 2 rings (SSSR count). The van der Waals surface area contributed by atoms with Gasteiger partial charge in [0, 0.05) is 19.1 Å². The molecule has 1 fully saturated rings. The van der Waals surface area contributed by atoms with Crippen LogP contribution in [0.4, 0.5) is 0 Å². The molecule has 0 unspecified atom stereocenters. The molecule has 1 aliphatic heterocycles. The van der Waals surface area contributed by atoms with Crippen LogP contribution in [0, 0.1) is 0 Å². The van der Waals surface area contributed by atoms with Crippen LogP contribution in [0.15, 0.2) is 35.7 Å². The number of benzene rings is 1. The van der Waals surface area contributed by atoms with E-state index < -0.39 is 40.7 Å². The highest BCUT2D eigenvalue weighted by molar-refractivity contribution is 7.92. The highest BCUT2D eigenvalue weighted by Crippen LogP contribution is 2.21. The van der Waals surface area contributed by atoms with E-state index in [1.807, 2.05) is 6.07 Å². The summed E-state index contributed by atoms with van der Waals surface area (Å²) in [5, 5.41) is 30.3. The van der Waals surface area contributed by atoms with Gasteiger partial charge in [0.15, 0.2) is 6.29 Å². The molecule has 0 radical (unpaired) electrons. The quantitative estimate of drug-likeness (QED) is 0.515. The number of rotatable bonds is 6.